The Bertz CT molecular complexity index is 469. The lowest BCUT2D eigenvalue weighted by Gasteiger charge is -1.97. The van der Waals surface area contributed by atoms with Crippen LogP contribution in [-0.4, -0.2) is 11.5 Å². The van der Waals surface area contributed by atoms with E-state index < -0.39 is 0 Å². The molecule has 0 amide bonds. The van der Waals surface area contributed by atoms with E-state index in [9.17, 15) is 0 Å². The zero-order valence-corrected chi connectivity index (χ0v) is 9.43. The molecule has 0 fully saturated rings. The van der Waals surface area contributed by atoms with Gasteiger partial charge in [0.1, 0.15) is 0 Å². The molecule has 2 rings (SSSR count). The molecule has 0 aliphatic rings. The molecule has 0 aliphatic carbocycles. The van der Waals surface area contributed by atoms with Gasteiger partial charge in [-0.1, -0.05) is 12.1 Å². The number of aromatic nitrogens is 1. The standard InChI is InChI=1S/C13H18N2/c1-9-5-6-11-10(2)12(4-3-7-14)15-13(11)8-9/h5-6,8,15H,3-4,7,14H2,1-2H3. The highest BCUT2D eigenvalue weighted by Crippen LogP contribution is 2.23. The number of nitrogens with one attached hydrogen (secondary N) is 1. The van der Waals surface area contributed by atoms with E-state index in [1.807, 2.05) is 0 Å². The van der Waals surface area contributed by atoms with Crippen molar-refractivity contribution in [2.45, 2.75) is 26.7 Å². The van der Waals surface area contributed by atoms with Crippen LogP contribution in [0.25, 0.3) is 10.9 Å². The molecule has 0 bridgehead atoms. The third-order valence-electron chi connectivity index (χ3n) is 2.95. The summed E-state index contributed by atoms with van der Waals surface area (Å²) < 4.78 is 0. The molecule has 2 aromatic rings. The Kier molecular flexibility index (Phi) is 2.78. The molecule has 1 aromatic carbocycles. The maximum absolute atomic E-state index is 5.53. The van der Waals surface area contributed by atoms with E-state index >= 15 is 0 Å². The minimum atomic E-state index is 0.758. The molecule has 0 spiro atoms. The van der Waals surface area contributed by atoms with Gasteiger partial charge in [-0.25, -0.2) is 0 Å². The Morgan fingerprint density at radius 2 is 2.07 bits per heavy atom. The van der Waals surface area contributed by atoms with Crippen LogP contribution in [-0.2, 0) is 6.42 Å². The van der Waals surface area contributed by atoms with E-state index in [0.29, 0.717) is 0 Å². The van der Waals surface area contributed by atoms with E-state index in [1.54, 1.807) is 0 Å². The molecule has 0 aliphatic heterocycles. The van der Waals surface area contributed by atoms with E-state index in [-0.39, 0.29) is 0 Å². The van der Waals surface area contributed by atoms with Gasteiger partial charge in [0.2, 0.25) is 0 Å². The Morgan fingerprint density at radius 3 is 2.80 bits per heavy atom. The second-order valence-electron chi connectivity index (χ2n) is 4.17. The summed E-state index contributed by atoms with van der Waals surface area (Å²) in [6.45, 7) is 5.06. The molecular weight excluding hydrogens is 184 g/mol. The zero-order chi connectivity index (χ0) is 10.8. The Labute approximate surface area is 90.5 Å². The van der Waals surface area contributed by atoms with Gasteiger partial charge in [-0.15, -0.1) is 0 Å². The van der Waals surface area contributed by atoms with E-state index in [4.69, 9.17) is 5.73 Å². The third kappa shape index (κ3) is 1.90. The van der Waals surface area contributed by atoms with Gasteiger partial charge in [0, 0.05) is 16.6 Å². The normalized spacial score (nSPS) is 11.1. The minimum absolute atomic E-state index is 0.758. The van der Waals surface area contributed by atoms with E-state index in [1.165, 1.54) is 27.7 Å². The van der Waals surface area contributed by atoms with Gasteiger partial charge in [-0.2, -0.15) is 0 Å². The number of nitrogens with two attached hydrogens (primary N) is 1. The van der Waals surface area contributed by atoms with Gasteiger partial charge < -0.3 is 10.7 Å². The number of rotatable bonds is 3. The van der Waals surface area contributed by atoms with Crippen LogP contribution in [0.15, 0.2) is 18.2 Å². The molecule has 0 saturated heterocycles. The second-order valence-corrected chi connectivity index (χ2v) is 4.17. The predicted octanol–water partition coefficient (Wildman–Crippen LogP) is 2.68. The van der Waals surface area contributed by atoms with Gasteiger partial charge >= 0.3 is 0 Å². The van der Waals surface area contributed by atoms with Gasteiger partial charge in [-0.05, 0) is 50.4 Å². The highest BCUT2D eigenvalue weighted by molar-refractivity contribution is 5.84. The average molecular weight is 202 g/mol. The largest absolute Gasteiger partial charge is 0.358 e. The second kappa shape index (κ2) is 4.07. The lowest BCUT2D eigenvalue weighted by molar-refractivity contribution is 0.813. The van der Waals surface area contributed by atoms with Crippen LogP contribution in [0.2, 0.25) is 0 Å². The quantitative estimate of drug-likeness (QED) is 0.789. The van der Waals surface area contributed by atoms with Gasteiger partial charge in [-0.3, -0.25) is 0 Å². The topological polar surface area (TPSA) is 41.8 Å². The first-order valence-electron chi connectivity index (χ1n) is 5.50. The summed E-state index contributed by atoms with van der Waals surface area (Å²) in [6.07, 6.45) is 2.10. The molecule has 1 aromatic heterocycles. The Morgan fingerprint density at radius 1 is 1.27 bits per heavy atom. The van der Waals surface area contributed by atoms with Crippen molar-refractivity contribution >= 4 is 10.9 Å². The first-order chi connectivity index (χ1) is 7.22. The first-order valence-corrected chi connectivity index (χ1v) is 5.50. The fraction of sp³-hybridized carbons (Fsp3) is 0.385. The number of H-pyrrole nitrogens is 1. The molecule has 0 saturated carbocycles. The van der Waals surface area contributed by atoms with Crippen molar-refractivity contribution in [2.75, 3.05) is 6.54 Å². The summed E-state index contributed by atoms with van der Waals surface area (Å²) in [5.74, 6) is 0. The maximum Gasteiger partial charge on any atom is 0.0461 e. The van der Waals surface area contributed by atoms with Gasteiger partial charge in [0.05, 0.1) is 0 Å². The Balaban J connectivity index is 2.44. The van der Waals surface area contributed by atoms with E-state index in [2.05, 4.69) is 37.0 Å². The van der Waals surface area contributed by atoms with Crippen LogP contribution in [0.4, 0.5) is 0 Å². The number of fused-ring (bicyclic) bond motifs is 1. The first kappa shape index (κ1) is 10.2. The maximum atomic E-state index is 5.53. The SMILES string of the molecule is Cc1ccc2c(C)c(CCCN)[nH]c2c1. The van der Waals surface area contributed by atoms with Crippen LogP contribution in [0.5, 0.6) is 0 Å². The number of hydrogen-bond donors (Lipinski definition) is 2. The van der Waals surface area contributed by atoms with Crippen LogP contribution in [0.1, 0.15) is 23.2 Å². The van der Waals surface area contributed by atoms with Crippen molar-refractivity contribution in [3.05, 3.63) is 35.0 Å². The molecule has 3 N–H and O–H groups in total. The lowest BCUT2D eigenvalue weighted by Crippen LogP contribution is -2.01. The molecule has 2 nitrogen and oxygen atoms in total. The highest BCUT2D eigenvalue weighted by Gasteiger charge is 2.06. The van der Waals surface area contributed by atoms with Gasteiger partial charge in [0.15, 0.2) is 0 Å². The van der Waals surface area contributed by atoms with Crippen LogP contribution in [0, 0.1) is 13.8 Å². The molecule has 15 heavy (non-hydrogen) atoms. The number of aromatic amines is 1. The summed E-state index contributed by atoms with van der Waals surface area (Å²) in [5.41, 5.74) is 10.8. The smallest absolute Gasteiger partial charge is 0.0461 e. The number of aryl methyl sites for hydroxylation is 3. The monoisotopic (exact) mass is 202 g/mol. The van der Waals surface area contributed by atoms with Crippen molar-refractivity contribution in [3.63, 3.8) is 0 Å². The van der Waals surface area contributed by atoms with Crippen molar-refractivity contribution in [1.29, 1.82) is 0 Å². The fourth-order valence-electron chi connectivity index (χ4n) is 2.04. The number of benzene rings is 1. The molecule has 80 valence electrons. The van der Waals surface area contributed by atoms with Gasteiger partial charge in [0.25, 0.3) is 0 Å². The molecule has 0 unspecified atom stereocenters. The third-order valence-corrected chi connectivity index (χ3v) is 2.95. The minimum Gasteiger partial charge on any atom is -0.358 e. The average Bonchev–Trinajstić information content (AvgIpc) is 2.52. The fourth-order valence-corrected chi connectivity index (χ4v) is 2.04. The molecule has 0 radical (unpaired) electrons. The van der Waals surface area contributed by atoms with Crippen molar-refractivity contribution < 1.29 is 0 Å². The zero-order valence-electron chi connectivity index (χ0n) is 9.43. The van der Waals surface area contributed by atoms with Crippen LogP contribution in [0.3, 0.4) is 0 Å². The summed E-state index contributed by atoms with van der Waals surface area (Å²) in [7, 11) is 0. The summed E-state index contributed by atoms with van der Waals surface area (Å²) in [5, 5.41) is 1.34. The van der Waals surface area contributed by atoms with Crippen molar-refractivity contribution in [2.24, 2.45) is 5.73 Å². The lowest BCUT2D eigenvalue weighted by atomic mass is 10.1. The summed E-state index contributed by atoms with van der Waals surface area (Å²) in [6, 6.07) is 6.56. The summed E-state index contributed by atoms with van der Waals surface area (Å²) in [4.78, 5) is 3.48. The predicted molar refractivity (Wildman–Crippen MR) is 65.1 cm³/mol. The molecule has 0 atom stereocenters. The van der Waals surface area contributed by atoms with Crippen LogP contribution >= 0.6 is 0 Å². The van der Waals surface area contributed by atoms with Crippen molar-refractivity contribution in [1.82, 2.24) is 4.98 Å². The van der Waals surface area contributed by atoms with Crippen molar-refractivity contribution in [3.8, 4) is 0 Å². The highest BCUT2D eigenvalue weighted by atomic mass is 14.7. The molecular formula is C13H18N2. The summed E-state index contributed by atoms with van der Waals surface area (Å²) >= 11 is 0. The van der Waals surface area contributed by atoms with E-state index in [0.717, 1.165) is 19.4 Å². The van der Waals surface area contributed by atoms with Crippen LogP contribution < -0.4 is 5.73 Å². The molecule has 2 heteroatoms. The number of hydrogen-bond acceptors (Lipinski definition) is 1. The molecule has 1 heterocycles. The Hall–Kier alpha value is -1.28.